The monoisotopic (exact) mass is 322 g/mol. The summed E-state index contributed by atoms with van der Waals surface area (Å²) >= 11 is 0. The number of hydrogen-bond donors (Lipinski definition) is 0. The summed E-state index contributed by atoms with van der Waals surface area (Å²) in [5, 5.41) is 28.1. The molecule has 0 bridgehead atoms. The second-order valence-corrected chi connectivity index (χ2v) is 4.41. The molecule has 8 nitrogen and oxygen atoms in total. The van der Waals surface area contributed by atoms with Gasteiger partial charge >= 0.3 is 0 Å². The van der Waals surface area contributed by atoms with E-state index in [4.69, 9.17) is 20.0 Å². The molecular formula is C16H10N4O4. The molecule has 0 atom stereocenters. The second kappa shape index (κ2) is 7.38. The Morgan fingerprint density at radius 3 is 2.54 bits per heavy atom. The molecule has 2 rings (SSSR count). The van der Waals surface area contributed by atoms with E-state index < -0.39 is 4.92 Å². The van der Waals surface area contributed by atoms with Crippen molar-refractivity contribution in [1.82, 2.24) is 4.98 Å². The van der Waals surface area contributed by atoms with E-state index in [-0.39, 0.29) is 17.1 Å². The van der Waals surface area contributed by atoms with E-state index in [1.807, 2.05) is 0 Å². The summed E-state index contributed by atoms with van der Waals surface area (Å²) in [6.07, 6.45) is 2.50. The van der Waals surface area contributed by atoms with Gasteiger partial charge in [-0.2, -0.15) is 10.5 Å². The maximum absolute atomic E-state index is 10.6. The zero-order chi connectivity index (χ0) is 17.5. The van der Waals surface area contributed by atoms with Gasteiger partial charge in [-0.1, -0.05) is 6.07 Å². The molecule has 0 saturated heterocycles. The fourth-order valence-corrected chi connectivity index (χ4v) is 1.77. The van der Waals surface area contributed by atoms with Crippen molar-refractivity contribution < 1.29 is 14.4 Å². The number of pyridine rings is 1. The molecule has 0 aliphatic rings. The van der Waals surface area contributed by atoms with Crippen LogP contribution in [-0.2, 0) is 0 Å². The molecule has 0 amide bonds. The molecule has 1 aromatic carbocycles. The molecule has 1 aromatic heterocycles. The molecule has 0 N–H and O–H groups in total. The quantitative estimate of drug-likeness (QED) is 0.470. The number of nitriles is 2. The summed E-state index contributed by atoms with van der Waals surface area (Å²) in [5.41, 5.74) is 0.409. The highest BCUT2D eigenvalue weighted by molar-refractivity contribution is 5.64. The van der Waals surface area contributed by atoms with Gasteiger partial charge < -0.3 is 9.47 Å². The Morgan fingerprint density at radius 2 is 2.00 bits per heavy atom. The van der Waals surface area contributed by atoms with Crippen LogP contribution < -0.4 is 9.47 Å². The molecule has 0 spiro atoms. The molecule has 118 valence electrons. The lowest BCUT2D eigenvalue weighted by atomic mass is 10.1. The number of aromatic nitrogens is 1. The summed E-state index contributed by atoms with van der Waals surface area (Å²) < 4.78 is 10.8. The number of hydrogen-bond acceptors (Lipinski definition) is 7. The van der Waals surface area contributed by atoms with E-state index in [0.717, 1.165) is 6.20 Å². The van der Waals surface area contributed by atoms with Crippen molar-refractivity contribution in [1.29, 1.82) is 10.5 Å². The average molecular weight is 322 g/mol. The highest BCUT2D eigenvalue weighted by Gasteiger charge is 2.10. The fraction of sp³-hybridized carbons (Fsp3) is 0.0625. The van der Waals surface area contributed by atoms with Gasteiger partial charge in [0.05, 0.1) is 12.0 Å². The van der Waals surface area contributed by atoms with Crippen molar-refractivity contribution in [3.05, 3.63) is 57.8 Å². The van der Waals surface area contributed by atoms with Gasteiger partial charge in [0.15, 0.2) is 11.5 Å². The third kappa shape index (κ3) is 3.84. The van der Waals surface area contributed by atoms with Crippen LogP contribution in [-0.4, -0.2) is 17.0 Å². The van der Waals surface area contributed by atoms with E-state index in [0.29, 0.717) is 17.1 Å². The van der Waals surface area contributed by atoms with Gasteiger partial charge in [-0.15, -0.1) is 0 Å². The summed E-state index contributed by atoms with van der Waals surface area (Å²) in [6.45, 7) is 0. The van der Waals surface area contributed by atoms with Gasteiger partial charge in [0, 0.05) is 12.1 Å². The minimum atomic E-state index is -0.555. The first-order valence-corrected chi connectivity index (χ1v) is 6.55. The lowest BCUT2D eigenvalue weighted by Gasteiger charge is -2.10. The highest BCUT2D eigenvalue weighted by atomic mass is 16.6. The molecule has 8 heteroatoms. The first-order valence-electron chi connectivity index (χ1n) is 6.55. The summed E-state index contributed by atoms with van der Waals surface area (Å²) in [4.78, 5) is 13.9. The van der Waals surface area contributed by atoms with Crippen molar-refractivity contribution in [2.75, 3.05) is 7.11 Å². The Labute approximate surface area is 137 Å². The molecule has 0 unspecified atom stereocenters. The first-order chi connectivity index (χ1) is 11.6. The Kier molecular flexibility index (Phi) is 5.06. The van der Waals surface area contributed by atoms with Crippen LogP contribution in [0.2, 0.25) is 0 Å². The molecule has 2 aromatic rings. The number of nitro groups is 1. The standard InChI is InChI=1S/C16H10N4O4/c1-23-15-7-11(6-12(8-17)9-18)2-4-14(15)24-16-5-3-13(10-19-16)20(21)22/h2-7,10H,1H3. The predicted molar refractivity (Wildman–Crippen MR) is 83.2 cm³/mol. The van der Waals surface area contributed by atoms with Crippen LogP contribution in [0.25, 0.3) is 6.08 Å². The molecule has 0 fully saturated rings. The zero-order valence-corrected chi connectivity index (χ0v) is 12.5. The second-order valence-electron chi connectivity index (χ2n) is 4.41. The third-order valence-electron chi connectivity index (χ3n) is 2.89. The van der Waals surface area contributed by atoms with Crippen LogP contribution in [0.15, 0.2) is 42.1 Å². The lowest BCUT2D eigenvalue weighted by molar-refractivity contribution is -0.385. The molecular weight excluding hydrogens is 312 g/mol. The number of methoxy groups -OCH3 is 1. The van der Waals surface area contributed by atoms with Crippen LogP contribution in [0, 0.1) is 32.8 Å². The Hall–Kier alpha value is -3.91. The molecule has 0 aliphatic heterocycles. The third-order valence-corrected chi connectivity index (χ3v) is 2.89. The number of nitrogens with zero attached hydrogens (tertiary/aromatic N) is 4. The minimum Gasteiger partial charge on any atom is -0.493 e. The topological polar surface area (TPSA) is 122 Å². The number of allylic oxidation sites excluding steroid dienone is 1. The molecule has 0 radical (unpaired) electrons. The Morgan fingerprint density at radius 1 is 1.25 bits per heavy atom. The number of ether oxygens (including phenoxy) is 2. The van der Waals surface area contributed by atoms with Crippen LogP contribution in [0.5, 0.6) is 17.4 Å². The molecule has 0 aliphatic carbocycles. The number of rotatable bonds is 5. The summed E-state index contributed by atoms with van der Waals surface area (Å²) in [5.74, 6) is 0.863. The SMILES string of the molecule is COc1cc(C=C(C#N)C#N)ccc1Oc1ccc([N+](=O)[O-])cn1. The summed E-state index contributed by atoms with van der Waals surface area (Å²) in [7, 11) is 1.44. The predicted octanol–water partition coefficient (Wildman–Crippen LogP) is 3.22. The van der Waals surface area contributed by atoms with E-state index in [9.17, 15) is 10.1 Å². The zero-order valence-electron chi connectivity index (χ0n) is 12.5. The van der Waals surface area contributed by atoms with Crippen LogP contribution >= 0.6 is 0 Å². The maximum atomic E-state index is 10.6. The van der Waals surface area contributed by atoms with E-state index in [1.165, 1.54) is 25.3 Å². The first kappa shape index (κ1) is 16.5. The molecule has 1 heterocycles. The maximum Gasteiger partial charge on any atom is 0.287 e. The van der Waals surface area contributed by atoms with Crippen LogP contribution in [0.3, 0.4) is 0 Å². The van der Waals surface area contributed by atoms with Gasteiger partial charge in [-0.25, -0.2) is 4.98 Å². The van der Waals surface area contributed by atoms with E-state index in [2.05, 4.69) is 4.98 Å². The lowest BCUT2D eigenvalue weighted by Crippen LogP contribution is -1.94. The molecule has 24 heavy (non-hydrogen) atoms. The average Bonchev–Trinajstić information content (AvgIpc) is 2.61. The van der Waals surface area contributed by atoms with Gasteiger partial charge in [0.25, 0.3) is 5.69 Å². The minimum absolute atomic E-state index is 0.0391. The van der Waals surface area contributed by atoms with Gasteiger partial charge in [-0.3, -0.25) is 10.1 Å². The van der Waals surface area contributed by atoms with Crippen molar-refractivity contribution in [3.63, 3.8) is 0 Å². The van der Waals surface area contributed by atoms with Crippen molar-refractivity contribution in [3.8, 4) is 29.5 Å². The fourth-order valence-electron chi connectivity index (χ4n) is 1.77. The van der Waals surface area contributed by atoms with Gasteiger partial charge in [-0.05, 0) is 23.8 Å². The van der Waals surface area contributed by atoms with E-state index in [1.54, 1.807) is 30.3 Å². The van der Waals surface area contributed by atoms with Crippen molar-refractivity contribution >= 4 is 11.8 Å². The highest BCUT2D eigenvalue weighted by Crippen LogP contribution is 2.32. The summed E-state index contributed by atoms with van der Waals surface area (Å²) in [6, 6.07) is 11.0. The Balaban J connectivity index is 2.28. The smallest absolute Gasteiger partial charge is 0.287 e. The Bertz CT molecular complexity index is 860. The van der Waals surface area contributed by atoms with Crippen LogP contribution in [0.4, 0.5) is 5.69 Å². The normalized spacial score (nSPS) is 9.29. The van der Waals surface area contributed by atoms with Gasteiger partial charge in [0.1, 0.15) is 23.9 Å². The van der Waals surface area contributed by atoms with Crippen molar-refractivity contribution in [2.24, 2.45) is 0 Å². The largest absolute Gasteiger partial charge is 0.493 e. The van der Waals surface area contributed by atoms with E-state index >= 15 is 0 Å². The van der Waals surface area contributed by atoms with Gasteiger partial charge in [0.2, 0.25) is 5.88 Å². The van der Waals surface area contributed by atoms with Crippen molar-refractivity contribution in [2.45, 2.75) is 0 Å². The number of benzene rings is 1. The van der Waals surface area contributed by atoms with Crippen LogP contribution in [0.1, 0.15) is 5.56 Å². The molecule has 0 saturated carbocycles.